The van der Waals surface area contributed by atoms with Crippen molar-refractivity contribution >= 4 is 11.6 Å². The minimum Gasteiger partial charge on any atom is -0.381 e. The molecule has 0 spiro atoms. The van der Waals surface area contributed by atoms with Crippen molar-refractivity contribution in [3.8, 4) is 0 Å². The van der Waals surface area contributed by atoms with E-state index in [1.54, 1.807) is 0 Å². The topological polar surface area (TPSA) is 18.5 Å². The first-order valence-electron chi connectivity index (χ1n) is 4.26. The normalized spacial score (nSPS) is 28.3. The van der Waals surface area contributed by atoms with Crippen LogP contribution in [0.1, 0.15) is 6.42 Å². The summed E-state index contributed by atoms with van der Waals surface area (Å²) < 4.78 is 45.0. The van der Waals surface area contributed by atoms with Gasteiger partial charge < -0.3 is 9.47 Å². The van der Waals surface area contributed by atoms with Crippen LogP contribution in [-0.2, 0) is 9.47 Å². The Morgan fingerprint density at radius 2 is 2.14 bits per heavy atom. The number of hydrogen-bond donors (Lipinski definition) is 0. The van der Waals surface area contributed by atoms with E-state index in [-0.39, 0.29) is 12.5 Å². The Labute approximate surface area is 85.3 Å². The van der Waals surface area contributed by atoms with E-state index in [1.165, 1.54) is 0 Å². The van der Waals surface area contributed by atoms with Gasteiger partial charge in [0.15, 0.2) is 0 Å². The summed E-state index contributed by atoms with van der Waals surface area (Å²) in [6.07, 6.45) is -3.61. The van der Waals surface area contributed by atoms with Crippen molar-refractivity contribution in [3.63, 3.8) is 0 Å². The molecule has 0 saturated carbocycles. The maximum absolute atomic E-state index is 11.8. The molecule has 0 aromatic rings. The van der Waals surface area contributed by atoms with Crippen molar-refractivity contribution in [3.05, 3.63) is 0 Å². The highest BCUT2D eigenvalue weighted by Crippen LogP contribution is 2.30. The van der Waals surface area contributed by atoms with Crippen LogP contribution in [0.3, 0.4) is 0 Å². The summed E-state index contributed by atoms with van der Waals surface area (Å²) in [5.74, 6) is 0.269. The van der Waals surface area contributed by atoms with Gasteiger partial charge in [-0.2, -0.15) is 13.2 Å². The predicted molar refractivity (Wildman–Crippen MR) is 45.5 cm³/mol. The Morgan fingerprint density at radius 3 is 2.57 bits per heavy atom. The van der Waals surface area contributed by atoms with Crippen LogP contribution in [0, 0.1) is 5.41 Å². The summed E-state index contributed by atoms with van der Waals surface area (Å²) in [5, 5.41) is 0. The minimum atomic E-state index is -4.27. The summed E-state index contributed by atoms with van der Waals surface area (Å²) in [6.45, 7) is -0.280. The smallest absolute Gasteiger partial charge is 0.381 e. The van der Waals surface area contributed by atoms with Gasteiger partial charge in [0.1, 0.15) is 6.61 Å². The van der Waals surface area contributed by atoms with Crippen LogP contribution < -0.4 is 0 Å². The average molecular weight is 233 g/mol. The lowest BCUT2D eigenvalue weighted by Gasteiger charge is -2.24. The van der Waals surface area contributed by atoms with E-state index in [0.29, 0.717) is 19.6 Å². The van der Waals surface area contributed by atoms with Crippen molar-refractivity contribution < 1.29 is 22.6 Å². The van der Waals surface area contributed by atoms with Gasteiger partial charge in [0.2, 0.25) is 0 Å². The molecule has 1 aliphatic rings. The lowest BCUT2D eigenvalue weighted by Crippen LogP contribution is -2.31. The highest BCUT2D eigenvalue weighted by Gasteiger charge is 2.36. The van der Waals surface area contributed by atoms with Crippen molar-refractivity contribution in [2.24, 2.45) is 5.41 Å². The molecule has 1 heterocycles. The van der Waals surface area contributed by atoms with Crippen molar-refractivity contribution in [2.45, 2.75) is 12.6 Å². The molecule has 1 saturated heterocycles. The van der Waals surface area contributed by atoms with Crippen LogP contribution in [0.25, 0.3) is 0 Å². The lowest BCUT2D eigenvalue weighted by molar-refractivity contribution is -0.180. The summed E-state index contributed by atoms with van der Waals surface area (Å²) in [6, 6.07) is 0. The third-order valence-corrected chi connectivity index (χ3v) is 2.71. The summed E-state index contributed by atoms with van der Waals surface area (Å²) in [7, 11) is 0. The van der Waals surface area contributed by atoms with Gasteiger partial charge in [0.25, 0.3) is 0 Å². The molecule has 1 aliphatic heterocycles. The molecule has 1 rings (SSSR count). The van der Waals surface area contributed by atoms with Gasteiger partial charge in [0, 0.05) is 17.9 Å². The van der Waals surface area contributed by atoms with Gasteiger partial charge >= 0.3 is 6.18 Å². The zero-order chi connectivity index (χ0) is 10.7. The van der Waals surface area contributed by atoms with Gasteiger partial charge in [-0.05, 0) is 6.42 Å². The molecule has 6 heteroatoms. The van der Waals surface area contributed by atoms with Gasteiger partial charge in [-0.25, -0.2) is 0 Å². The molecule has 0 amide bonds. The molecule has 0 aromatic heterocycles. The molecule has 1 fully saturated rings. The molecule has 0 aromatic carbocycles. The first-order chi connectivity index (χ1) is 6.47. The molecule has 1 atom stereocenters. The lowest BCUT2D eigenvalue weighted by atomic mass is 9.91. The van der Waals surface area contributed by atoms with Gasteiger partial charge in [-0.3, -0.25) is 0 Å². The van der Waals surface area contributed by atoms with Crippen LogP contribution in [0.4, 0.5) is 13.2 Å². The van der Waals surface area contributed by atoms with E-state index in [0.717, 1.165) is 0 Å². The fourth-order valence-corrected chi connectivity index (χ4v) is 1.58. The quantitative estimate of drug-likeness (QED) is 0.692. The zero-order valence-electron chi connectivity index (χ0n) is 7.57. The molecule has 0 radical (unpaired) electrons. The summed E-state index contributed by atoms with van der Waals surface area (Å²) >= 11 is 5.67. The summed E-state index contributed by atoms with van der Waals surface area (Å²) in [4.78, 5) is 0. The maximum Gasteiger partial charge on any atom is 0.411 e. The van der Waals surface area contributed by atoms with E-state index in [4.69, 9.17) is 16.3 Å². The van der Waals surface area contributed by atoms with Crippen molar-refractivity contribution in [1.82, 2.24) is 0 Å². The molecule has 1 unspecified atom stereocenters. The fraction of sp³-hybridized carbons (Fsp3) is 1.00. The van der Waals surface area contributed by atoms with Crippen LogP contribution in [-0.4, -0.2) is 38.5 Å². The number of ether oxygens (including phenoxy) is 2. The first-order valence-corrected chi connectivity index (χ1v) is 4.79. The number of halogens is 4. The first kappa shape index (κ1) is 12.1. The van der Waals surface area contributed by atoms with Crippen LogP contribution in [0.15, 0.2) is 0 Å². The average Bonchev–Trinajstić information content (AvgIpc) is 2.52. The maximum atomic E-state index is 11.8. The Morgan fingerprint density at radius 1 is 1.43 bits per heavy atom. The standard InChI is InChI=1S/C8H12ClF3O2/c9-3-7(1-2-13-4-7)5-14-6-8(10,11)12/h1-6H2. The largest absolute Gasteiger partial charge is 0.411 e. The third-order valence-electron chi connectivity index (χ3n) is 2.14. The second-order valence-corrected chi connectivity index (χ2v) is 3.81. The molecule has 0 aliphatic carbocycles. The Bertz CT molecular complexity index is 178. The van der Waals surface area contributed by atoms with Gasteiger partial charge in [0.05, 0.1) is 13.2 Å². The summed E-state index contributed by atoms with van der Waals surface area (Å²) in [5.41, 5.74) is -0.424. The van der Waals surface area contributed by atoms with E-state index in [1.807, 2.05) is 0 Å². The number of alkyl halides is 4. The van der Waals surface area contributed by atoms with Crippen molar-refractivity contribution in [2.75, 3.05) is 32.3 Å². The van der Waals surface area contributed by atoms with E-state index in [2.05, 4.69) is 4.74 Å². The second kappa shape index (κ2) is 4.68. The third kappa shape index (κ3) is 3.63. The molecular weight excluding hydrogens is 221 g/mol. The van der Waals surface area contributed by atoms with Crippen molar-refractivity contribution in [1.29, 1.82) is 0 Å². The number of hydrogen-bond acceptors (Lipinski definition) is 2. The Hall–Kier alpha value is -0.0000000000000000208. The molecule has 0 bridgehead atoms. The van der Waals surface area contributed by atoms with Crippen LogP contribution in [0.5, 0.6) is 0 Å². The van der Waals surface area contributed by atoms with Crippen LogP contribution >= 0.6 is 11.6 Å². The number of rotatable bonds is 4. The molecular formula is C8H12ClF3O2. The second-order valence-electron chi connectivity index (χ2n) is 3.54. The molecule has 84 valence electrons. The highest BCUT2D eigenvalue weighted by molar-refractivity contribution is 6.18. The predicted octanol–water partition coefficient (Wildman–Crippen LogP) is 2.21. The molecule has 14 heavy (non-hydrogen) atoms. The van der Waals surface area contributed by atoms with Gasteiger partial charge in [-0.15, -0.1) is 11.6 Å². The Balaban J connectivity index is 2.28. The molecule has 2 nitrogen and oxygen atoms in total. The fourth-order valence-electron chi connectivity index (χ4n) is 1.29. The van der Waals surface area contributed by atoms with Crippen LogP contribution in [0.2, 0.25) is 0 Å². The minimum absolute atomic E-state index is 0.00993. The highest BCUT2D eigenvalue weighted by atomic mass is 35.5. The van der Waals surface area contributed by atoms with E-state index >= 15 is 0 Å². The molecule has 0 N–H and O–H groups in total. The zero-order valence-corrected chi connectivity index (χ0v) is 8.33. The van der Waals surface area contributed by atoms with Gasteiger partial charge in [-0.1, -0.05) is 0 Å². The Kier molecular flexibility index (Phi) is 4.04. The SMILES string of the molecule is FC(F)(F)COCC1(CCl)CCOC1. The monoisotopic (exact) mass is 232 g/mol. The van der Waals surface area contributed by atoms with E-state index < -0.39 is 18.2 Å². The van der Waals surface area contributed by atoms with E-state index in [9.17, 15) is 13.2 Å².